The second-order valence-electron chi connectivity index (χ2n) is 4.57. The van der Waals surface area contributed by atoms with E-state index in [4.69, 9.17) is 10.5 Å². The van der Waals surface area contributed by atoms with Gasteiger partial charge in [0.15, 0.2) is 27.1 Å². The first-order valence-electron chi connectivity index (χ1n) is 6.18. The summed E-state index contributed by atoms with van der Waals surface area (Å²) in [5.41, 5.74) is 5.66. The molecule has 0 fully saturated rings. The first-order valence-corrected chi connectivity index (χ1v) is 8.07. The molecule has 0 unspecified atom stereocenters. The summed E-state index contributed by atoms with van der Waals surface area (Å²) in [6, 6.07) is 8.83. The van der Waals surface area contributed by atoms with E-state index in [1.807, 2.05) is 0 Å². The number of sulfone groups is 1. The topological polar surface area (TPSA) is 78.6 Å². The maximum atomic E-state index is 12.4. The Kier molecular flexibility index (Phi) is 4.42. The van der Waals surface area contributed by atoms with Gasteiger partial charge in [-0.2, -0.15) is 0 Å². The van der Waals surface area contributed by atoms with E-state index >= 15 is 0 Å². The number of halogens is 3. The van der Waals surface area contributed by atoms with Crippen molar-refractivity contribution in [1.82, 2.24) is 0 Å². The van der Waals surface area contributed by atoms with E-state index in [1.165, 1.54) is 30.3 Å². The molecular weight excluding hydrogens is 335 g/mol. The van der Waals surface area contributed by atoms with Crippen molar-refractivity contribution in [3.05, 3.63) is 42.5 Å². The van der Waals surface area contributed by atoms with E-state index in [1.54, 1.807) is 0 Å². The van der Waals surface area contributed by atoms with Gasteiger partial charge in [0.25, 0.3) is 0 Å². The van der Waals surface area contributed by atoms with Crippen LogP contribution in [0.1, 0.15) is 0 Å². The molecular formula is C14H12F3NO4S. The summed E-state index contributed by atoms with van der Waals surface area (Å²) in [7, 11) is -3.46. The van der Waals surface area contributed by atoms with Crippen molar-refractivity contribution in [2.75, 3.05) is 12.0 Å². The molecule has 0 aliphatic rings. The van der Waals surface area contributed by atoms with Crippen LogP contribution < -0.4 is 15.2 Å². The van der Waals surface area contributed by atoms with Gasteiger partial charge in [0.2, 0.25) is 0 Å². The van der Waals surface area contributed by atoms with E-state index in [-0.39, 0.29) is 22.1 Å². The van der Waals surface area contributed by atoms with Gasteiger partial charge in [-0.05, 0) is 30.3 Å². The Morgan fingerprint density at radius 3 is 2.13 bits per heavy atom. The second kappa shape index (κ2) is 5.99. The number of anilines is 1. The molecule has 0 aromatic heterocycles. The standard InChI is InChI=1S/C14H12F3NO4S/c1-23(19,20)9-6-7-11(10(18)8-9)21-12-4-2-3-5-13(12)22-14(15,16)17/h2-8H,18H2,1H3. The van der Waals surface area contributed by atoms with Gasteiger partial charge in [0, 0.05) is 6.26 Å². The van der Waals surface area contributed by atoms with Gasteiger partial charge in [-0.15, -0.1) is 13.2 Å². The number of para-hydroxylation sites is 2. The Hall–Kier alpha value is -2.42. The minimum atomic E-state index is -4.87. The molecule has 0 radical (unpaired) electrons. The smallest absolute Gasteiger partial charge is 0.451 e. The van der Waals surface area contributed by atoms with E-state index in [9.17, 15) is 21.6 Å². The number of hydrogen-bond acceptors (Lipinski definition) is 5. The lowest BCUT2D eigenvalue weighted by Gasteiger charge is -2.15. The Bertz CT molecular complexity index is 819. The van der Waals surface area contributed by atoms with Crippen molar-refractivity contribution < 1.29 is 31.1 Å². The number of ether oxygens (including phenoxy) is 2. The molecule has 2 N–H and O–H groups in total. The van der Waals surface area contributed by atoms with E-state index in [0.717, 1.165) is 18.4 Å². The largest absolute Gasteiger partial charge is 0.573 e. The summed E-state index contributed by atoms with van der Waals surface area (Å²) in [6.07, 6.45) is -3.86. The van der Waals surface area contributed by atoms with Crippen LogP contribution >= 0.6 is 0 Å². The highest BCUT2D eigenvalue weighted by molar-refractivity contribution is 7.90. The van der Waals surface area contributed by atoms with Gasteiger partial charge in [-0.25, -0.2) is 8.42 Å². The summed E-state index contributed by atoms with van der Waals surface area (Å²) in [5.74, 6) is -0.731. The molecule has 0 heterocycles. The Labute approximate surface area is 130 Å². The zero-order valence-electron chi connectivity index (χ0n) is 11.8. The third-order valence-electron chi connectivity index (χ3n) is 2.70. The van der Waals surface area contributed by atoms with Crippen LogP contribution in [0.15, 0.2) is 47.4 Å². The third kappa shape index (κ3) is 4.52. The van der Waals surface area contributed by atoms with Crippen LogP contribution in [0, 0.1) is 0 Å². The zero-order chi connectivity index (χ0) is 17.3. The predicted octanol–water partition coefficient (Wildman–Crippen LogP) is 3.36. The van der Waals surface area contributed by atoms with Crippen LogP contribution in [0.4, 0.5) is 18.9 Å². The number of rotatable bonds is 4. The molecule has 0 bridgehead atoms. The Morgan fingerprint density at radius 2 is 1.61 bits per heavy atom. The van der Waals surface area contributed by atoms with Crippen LogP contribution in [0.3, 0.4) is 0 Å². The average Bonchev–Trinajstić information content (AvgIpc) is 2.40. The van der Waals surface area contributed by atoms with Crippen molar-refractivity contribution in [3.8, 4) is 17.2 Å². The summed E-state index contributed by atoms with van der Waals surface area (Å²) < 4.78 is 69.1. The number of nitrogens with two attached hydrogens (primary N) is 1. The first-order chi connectivity index (χ1) is 10.6. The quantitative estimate of drug-likeness (QED) is 0.858. The maximum absolute atomic E-state index is 12.4. The highest BCUT2D eigenvalue weighted by Gasteiger charge is 2.32. The highest BCUT2D eigenvalue weighted by Crippen LogP contribution is 2.37. The molecule has 0 aliphatic heterocycles. The molecule has 0 spiro atoms. The van der Waals surface area contributed by atoms with E-state index in [2.05, 4.69) is 4.74 Å². The summed E-state index contributed by atoms with van der Waals surface area (Å²) in [5, 5.41) is 0. The maximum Gasteiger partial charge on any atom is 0.573 e. The van der Waals surface area contributed by atoms with Crippen LogP contribution in [-0.2, 0) is 9.84 Å². The molecule has 0 atom stereocenters. The van der Waals surface area contributed by atoms with Gasteiger partial charge in [0.1, 0.15) is 0 Å². The molecule has 2 aromatic carbocycles. The highest BCUT2D eigenvalue weighted by atomic mass is 32.2. The summed E-state index contributed by atoms with van der Waals surface area (Å²) in [6.45, 7) is 0. The second-order valence-corrected chi connectivity index (χ2v) is 6.58. The normalized spacial score (nSPS) is 12.0. The minimum Gasteiger partial charge on any atom is -0.451 e. The van der Waals surface area contributed by atoms with Gasteiger partial charge < -0.3 is 15.2 Å². The lowest BCUT2D eigenvalue weighted by atomic mass is 10.3. The lowest BCUT2D eigenvalue weighted by molar-refractivity contribution is -0.275. The van der Waals surface area contributed by atoms with E-state index in [0.29, 0.717) is 0 Å². The SMILES string of the molecule is CS(=O)(=O)c1ccc(Oc2ccccc2OC(F)(F)F)c(N)c1. The first kappa shape index (κ1) is 16.9. The van der Waals surface area contributed by atoms with Crippen molar-refractivity contribution in [2.45, 2.75) is 11.3 Å². The number of hydrogen-bond donors (Lipinski definition) is 1. The molecule has 5 nitrogen and oxygen atoms in total. The van der Waals surface area contributed by atoms with Crippen molar-refractivity contribution in [1.29, 1.82) is 0 Å². The lowest BCUT2D eigenvalue weighted by Crippen LogP contribution is -2.17. The fourth-order valence-electron chi connectivity index (χ4n) is 1.71. The molecule has 0 saturated heterocycles. The molecule has 0 saturated carbocycles. The molecule has 2 aromatic rings. The zero-order valence-corrected chi connectivity index (χ0v) is 12.6. The predicted molar refractivity (Wildman–Crippen MR) is 77.2 cm³/mol. The van der Waals surface area contributed by atoms with Crippen molar-refractivity contribution in [2.24, 2.45) is 0 Å². The molecule has 0 aliphatic carbocycles. The van der Waals surface area contributed by atoms with E-state index < -0.39 is 21.9 Å². The number of alkyl halides is 3. The van der Waals surface area contributed by atoms with Crippen LogP contribution in [-0.4, -0.2) is 21.0 Å². The number of benzene rings is 2. The van der Waals surface area contributed by atoms with Crippen molar-refractivity contribution in [3.63, 3.8) is 0 Å². The van der Waals surface area contributed by atoms with Crippen LogP contribution in [0.25, 0.3) is 0 Å². The Balaban J connectivity index is 2.33. The number of nitrogen functional groups attached to an aromatic ring is 1. The molecule has 0 amide bonds. The van der Waals surface area contributed by atoms with Gasteiger partial charge in [0.05, 0.1) is 10.6 Å². The van der Waals surface area contributed by atoms with Gasteiger partial charge in [-0.3, -0.25) is 0 Å². The van der Waals surface area contributed by atoms with Crippen LogP contribution in [0.5, 0.6) is 17.2 Å². The minimum absolute atomic E-state index is 0.00984. The van der Waals surface area contributed by atoms with Gasteiger partial charge >= 0.3 is 6.36 Å². The molecule has 124 valence electrons. The monoisotopic (exact) mass is 347 g/mol. The average molecular weight is 347 g/mol. The summed E-state index contributed by atoms with van der Waals surface area (Å²) in [4.78, 5) is -0.0258. The fraction of sp³-hybridized carbons (Fsp3) is 0.143. The molecule has 2 rings (SSSR count). The molecule has 9 heteroatoms. The fourth-order valence-corrected chi connectivity index (χ4v) is 2.37. The molecule has 23 heavy (non-hydrogen) atoms. The van der Waals surface area contributed by atoms with Crippen molar-refractivity contribution >= 4 is 15.5 Å². The van der Waals surface area contributed by atoms with Crippen LogP contribution in [0.2, 0.25) is 0 Å². The Morgan fingerprint density at radius 1 is 1.00 bits per heavy atom. The third-order valence-corrected chi connectivity index (χ3v) is 3.81. The summed E-state index contributed by atoms with van der Waals surface area (Å²) >= 11 is 0. The van der Waals surface area contributed by atoms with Gasteiger partial charge in [-0.1, -0.05) is 12.1 Å².